The summed E-state index contributed by atoms with van der Waals surface area (Å²) in [5, 5.41) is 9.02. The van der Waals surface area contributed by atoms with E-state index in [9.17, 15) is 8.60 Å². The molecule has 1 heterocycles. The third-order valence-corrected chi connectivity index (χ3v) is 4.72. The smallest absolute Gasteiger partial charge is 0.207 e. The van der Waals surface area contributed by atoms with Gasteiger partial charge < -0.3 is 9.52 Å². The van der Waals surface area contributed by atoms with Gasteiger partial charge in [0, 0.05) is 22.1 Å². The van der Waals surface area contributed by atoms with Crippen molar-refractivity contribution < 1.29 is 18.1 Å². The van der Waals surface area contributed by atoms with E-state index in [-0.39, 0.29) is 18.2 Å². The molecule has 1 atom stereocenters. The summed E-state index contributed by atoms with van der Waals surface area (Å²) in [7, 11) is -1.16. The molecule has 3 aromatic rings. The zero-order valence-corrected chi connectivity index (χ0v) is 13.6. The molecule has 124 valence electrons. The van der Waals surface area contributed by atoms with Crippen LogP contribution in [0.4, 0.5) is 4.39 Å². The molecule has 0 fully saturated rings. The number of hydrogen-bond donors (Lipinski definition) is 1. The van der Waals surface area contributed by atoms with Gasteiger partial charge in [-0.1, -0.05) is 24.3 Å². The minimum Gasteiger partial charge on any atom is -0.440 e. The summed E-state index contributed by atoms with van der Waals surface area (Å²) in [6.07, 6.45) is 1.55. The fraction of sp³-hybridized carbons (Fsp3) is 0.167. The number of nitrogens with zero attached hydrogens (tertiary/aromatic N) is 1. The van der Waals surface area contributed by atoms with Gasteiger partial charge in [0.25, 0.3) is 0 Å². The summed E-state index contributed by atoms with van der Waals surface area (Å²) in [5.74, 6) is 1.20. The van der Waals surface area contributed by atoms with Crippen molar-refractivity contribution in [1.29, 1.82) is 0 Å². The molecule has 1 aromatic heterocycles. The maximum atomic E-state index is 12.9. The number of benzene rings is 2. The van der Waals surface area contributed by atoms with Gasteiger partial charge in [-0.05, 0) is 35.4 Å². The van der Waals surface area contributed by atoms with Crippen LogP contribution in [0.1, 0.15) is 17.0 Å². The number of hydrogen-bond acceptors (Lipinski definition) is 4. The van der Waals surface area contributed by atoms with E-state index in [1.807, 2.05) is 24.3 Å². The Hall–Kier alpha value is -2.31. The van der Waals surface area contributed by atoms with Crippen LogP contribution >= 0.6 is 0 Å². The average Bonchev–Trinajstić information content (AvgIpc) is 3.04. The van der Waals surface area contributed by atoms with Crippen molar-refractivity contribution in [1.82, 2.24) is 4.98 Å². The van der Waals surface area contributed by atoms with Crippen LogP contribution in [0.15, 0.2) is 59.1 Å². The maximum Gasteiger partial charge on any atom is 0.207 e. The number of halogens is 1. The quantitative estimate of drug-likeness (QED) is 0.743. The van der Waals surface area contributed by atoms with Crippen molar-refractivity contribution in [3.05, 3.63) is 77.6 Å². The molecule has 3 rings (SSSR count). The Kier molecular flexibility index (Phi) is 5.17. The van der Waals surface area contributed by atoms with Crippen LogP contribution in [0.5, 0.6) is 0 Å². The molecule has 4 nitrogen and oxygen atoms in total. The molecule has 2 aromatic carbocycles. The molecule has 0 aliphatic rings. The Morgan fingerprint density at radius 2 is 1.67 bits per heavy atom. The van der Waals surface area contributed by atoms with E-state index < -0.39 is 10.8 Å². The number of aliphatic hydroxyl groups excluding tert-OH is 1. The molecule has 24 heavy (non-hydrogen) atoms. The monoisotopic (exact) mass is 345 g/mol. The summed E-state index contributed by atoms with van der Waals surface area (Å²) >= 11 is 0. The molecule has 0 spiro atoms. The zero-order valence-electron chi connectivity index (χ0n) is 12.8. The largest absolute Gasteiger partial charge is 0.440 e. The highest BCUT2D eigenvalue weighted by Crippen LogP contribution is 2.21. The van der Waals surface area contributed by atoms with Crippen molar-refractivity contribution in [2.24, 2.45) is 0 Å². The van der Waals surface area contributed by atoms with Crippen LogP contribution in [-0.4, -0.2) is 14.3 Å². The molecule has 0 bridgehead atoms. The van der Waals surface area contributed by atoms with Gasteiger partial charge in [0.2, 0.25) is 5.89 Å². The Morgan fingerprint density at radius 1 is 1.00 bits per heavy atom. The van der Waals surface area contributed by atoms with Crippen molar-refractivity contribution in [3.63, 3.8) is 0 Å². The molecule has 1 unspecified atom stereocenters. The van der Waals surface area contributed by atoms with Gasteiger partial charge in [-0.15, -0.1) is 0 Å². The maximum absolute atomic E-state index is 12.9. The number of oxazole rings is 1. The summed E-state index contributed by atoms with van der Waals surface area (Å²) < 4.78 is 30.8. The first-order valence-electron chi connectivity index (χ1n) is 7.38. The molecule has 0 aliphatic carbocycles. The second kappa shape index (κ2) is 7.51. The second-order valence-corrected chi connectivity index (χ2v) is 6.79. The Bertz CT molecular complexity index is 828. The fourth-order valence-corrected chi connectivity index (χ4v) is 3.32. The second-order valence-electron chi connectivity index (χ2n) is 5.33. The van der Waals surface area contributed by atoms with E-state index in [4.69, 9.17) is 9.52 Å². The van der Waals surface area contributed by atoms with Gasteiger partial charge >= 0.3 is 0 Å². The van der Waals surface area contributed by atoms with Crippen molar-refractivity contribution in [2.75, 3.05) is 0 Å². The first-order valence-corrected chi connectivity index (χ1v) is 8.87. The number of aliphatic hydroxyl groups is 1. The molecule has 1 N–H and O–H groups in total. The highest BCUT2D eigenvalue weighted by atomic mass is 32.2. The average molecular weight is 345 g/mol. The molecular weight excluding hydrogens is 329 g/mol. The number of rotatable bonds is 6. The molecular formula is C18H16FNO3S. The highest BCUT2D eigenvalue weighted by Gasteiger charge is 2.11. The lowest BCUT2D eigenvalue weighted by molar-refractivity contribution is 0.282. The van der Waals surface area contributed by atoms with Gasteiger partial charge in [0.15, 0.2) is 5.76 Å². The van der Waals surface area contributed by atoms with Crippen molar-refractivity contribution in [2.45, 2.75) is 18.1 Å². The summed E-state index contributed by atoms with van der Waals surface area (Å²) in [5.41, 5.74) is 2.47. The lowest BCUT2D eigenvalue weighted by atomic mass is 10.2. The van der Waals surface area contributed by atoms with Crippen LogP contribution in [-0.2, 0) is 28.9 Å². The van der Waals surface area contributed by atoms with Crippen LogP contribution < -0.4 is 0 Å². The van der Waals surface area contributed by atoms with E-state index in [2.05, 4.69) is 4.98 Å². The molecule has 0 saturated heterocycles. The lowest BCUT2D eigenvalue weighted by Crippen LogP contribution is -2.00. The van der Waals surface area contributed by atoms with Gasteiger partial charge in [-0.3, -0.25) is 4.21 Å². The SMILES string of the molecule is O=S(Cc1ccc(CO)cc1)Cc1ncc(-c2ccc(F)cc2)o1. The summed E-state index contributed by atoms with van der Waals surface area (Å²) in [6, 6.07) is 13.2. The minimum atomic E-state index is -1.16. The van der Waals surface area contributed by atoms with Crippen molar-refractivity contribution >= 4 is 10.8 Å². The molecule has 0 saturated carbocycles. The topological polar surface area (TPSA) is 63.3 Å². The van der Waals surface area contributed by atoms with Crippen LogP contribution in [0.3, 0.4) is 0 Å². The van der Waals surface area contributed by atoms with E-state index in [1.165, 1.54) is 12.1 Å². The van der Waals surface area contributed by atoms with Gasteiger partial charge in [0.1, 0.15) is 11.6 Å². The predicted molar refractivity (Wildman–Crippen MR) is 89.8 cm³/mol. The third-order valence-electron chi connectivity index (χ3n) is 3.50. The van der Waals surface area contributed by atoms with Crippen LogP contribution in [0.2, 0.25) is 0 Å². The van der Waals surface area contributed by atoms with Gasteiger partial charge in [0.05, 0.1) is 12.8 Å². The van der Waals surface area contributed by atoms with E-state index >= 15 is 0 Å². The first-order chi connectivity index (χ1) is 11.6. The Labute approximate surface area is 141 Å². The molecule has 0 aliphatic heterocycles. The van der Waals surface area contributed by atoms with Crippen LogP contribution in [0, 0.1) is 5.82 Å². The van der Waals surface area contributed by atoms with Crippen LogP contribution in [0.25, 0.3) is 11.3 Å². The predicted octanol–water partition coefficient (Wildman–Crippen LogP) is 3.42. The standard InChI is InChI=1S/C18H16FNO3S/c19-16-7-5-15(6-8-16)17-9-20-18(23-17)12-24(22)11-14-3-1-13(10-21)2-4-14/h1-9,21H,10-12H2. The highest BCUT2D eigenvalue weighted by molar-refractivity contribution is 7.83. The number of aromatic nitrogens is 1. The third kappa shape index (κ3) is 4.15. The molecule has 0 amide bonds. The zero-order chi connectivity index (χ0) is 16.9. The first kappa shape index (κ1) is 16.5. The van der Waals surface area contributed by atoms with Gasteiger partial charge in [-0.25, -0.2) is 9.37 Å². The lowest BCUT2D eigenvalue weighted by Gasteiger charge is -2.02. The normalized spacial score (nSPS) is 12.2. The molecule has 0 radical (unpaired) electrons. The Balaban J connectivity index is 1.63. The van der Waals surface area contributed by atoms with Gasteiger partial charge in [-0.2, -0.15) is 0 Å². The Morgan fingerprint density at radius 3 is 2.33 bits per heavy atom. The summed E-state index contributed by atoms with van der Waals surface area (Å²) in [6.45, 7) is -0.00809. The fourth-order valence-electron chi connectivity index (χ4n) is 2.24. The summed E-state index contributed by atoms with van der Waals surface area (Å²) in [4.78, 5) is 4.14. The molecule has 6 heteroatoms. The van der Waals surface area contributed by atoms with E-state index in [0.717, 1.165) is 16.7 Å². The van der Waals surface area contributed by atoms with Crippen molar-refractivity contribution in [3.8, 4) is 11.3 Å². The minimum absolute atomic E-state index is 0.00809. The van der Waals surface area contributed by atoms with E-state index in [0.29, 0.717) is 17.4 Å². The van der Waals surface area contributed by atoms with E-state index in [1.54, 1.807) is 18.3 Å².